The van der Waals surface area contributed by atoms with Crippen LogP contribution in [0, 0.1) is 0 Å². The van der Waals surface area contributed by atoms with Gasteiger partial charge < -0.3 is 8.83 Å². The smallest absolute Gasteiger partial charge is 0.399 e. The molecule has 0 radical (unpaired) electrons. The van der Waals surface area contributed by atoms with Crippen molar-refractivity contribution in [1.82, 2.24) is 0 Å². The molecule has 2 aromatic carbocycles. The van der Waals surface area contributed by atoms with E-state index in [0.717, 1.165) is 0 Å². The molecule has 3 nitrogen and oxygen atoms in total. The second-order valence-electron chi connectivity index (χ2n) is 3.49. The third-order valence-corrected chi connectivity index (χ3v) is 2.26. The standard InChI is InChI=1S/C12H10.C3H2O3/c1-3-7-11(8-4-1)12-9-5-2-6-10-12;4-3-5-1-2-6-3/h1-10H;1-2H. The van der Waals surface area contributed by atoms with Crippen molar-refractivity contribution in [3.05, 3.63) is 83.8 Å². The molecule has 0 N–H and O–H groups in total. The third-order valence-electron chi connectivity index (χ3n) is 2.26. The van der Waals surface area contributed by atoms with Crippen molar-refractivity contribution >= 4 is 0 Å². The van der Waals surface area contributed by atoms with Crippen LogP contribution in [0.2, 0.25) is 0 Å². The van der Waals surface area contributed by atoms with Gasteiger partial charge in [0, 0.05) is 0 Å². The summed E-state index contributed by atoms with van der Waals surface area (Å²) >= 11 is 0. The van der Waals surface area contributed by atoms with Crippen LogP contribution < -0.4 is 5.82 Å². The highest BCUT2D eigenvalue weighted by Crippen LogP contribution is 2.17. The maximum absolute atomic E-state index is 9.74. The summed E-state index contributed by atoms with van der Waals surface area (Å²) in [6.45, 7) is 0. The van der Waals surface area contributed by atoms with Crippen molar-refractivity contribution in [2.24, 2.45) is 0 Å². The predicted octanol–water partition coefficient (Wildman–Crippen LogP) is 3.59. The van der Waals surface area contributed by atoms with E-state index in [1.807, 2.05) is 12.1 Å². The molecule has 3 aromatic rings. The minimum absolute atomic E-state index is 0.657. The average molecular weight is 240 g/mol. The second kappa shape index (κ2) is 6.25. The van der Waals surface area contributed by atoms with Crippen LogP contribution in [0.3, 0.4) is 0 Å². The van der Waals surface area contributed by atoms with E-state index in [1.165, 1.54) is 23.7 Å². The minimum Gasteiger partial charge on any atom is -0.399 e. The molecule has 0 atom stereocenters. The summed E-state index contributed by atoms with van der Waals surface area (Å²) in [6, 6.07) is 20.8. The lowest BCUT2D eigenvalue weighted by atomic mass is 10.1. The van der Waals surface area contributed by atoms with E-state index in [4.69, 9.17) is 0 Å². The molecule has 0 bridgehead atoms. The van der Waals surface area contributed by atoms with Crippen molar-refractivity contribution < 1.29 is 8.83 Å². The molecule has 0 aliphatic heterocycles. The SMILES string of the molecule is O=c1occo1.c1ccc(-c2ccccc2)cc1. The van der Waals surface area contributed by atoms with E-state index in [2.05, 4.69) is 57.4 Å². The van der Waals surface area contributed by atoms with E-state index < -0.39 is 5.82 Å². The van der Waals surface area contributed by atoms with Gasteiger partial charge in [-0.2, -0.15) is 0 Å². The van der Waals surface area contributed by atoms with Crippen molar-refractivity contribution in [2.75, 3.05) is 0 Å². The summed E-state index contributed by atoms with van der Waals surface area (Å²) in [7, 11) is 0. The van der Waals surface area contributed by atoms with Crippen LogP contribution in [-0.2, 0) is 0 Å². The zero-order valence-corrected chi connectivity index (χ0v) is 9.65. The van der Waals surface area contributed by atoms with Crippen molar-refractivity contribution in [3.8, 4) is 11.1 Å². The average Bonchev–Trinajstić information content (AvgIpc) is 2.93. The molecule has 0 unspecified atom stereocenters. The lowest BCUT2D eigenvalue weighted by molar-refractivity contribution is 0.385. The second-order valence-corrected chi connectivity index (χ2v) is 3.49. The zero-order chi connectivity index (χ0) is 12.6. The van der Waals surface area contributed by atoms with E-state index in [1.54, 1.807) is 0 Å². The van der Waals surface area contributed by atoms with Crippen LogP contribution in [0.25, 0.3) is 11.1 Å². The molecule has 3 heteroatoms. The first-order chi connectivity index (χ1) is 8.86. The summed E-state index contributed by atoms with van der Waals surface area (Å²) in [5.41, 5.74) is 2.55. The molecular formula is C15H12O3. The van der Waals surface area contributed by atoms with E-state index >= 15 is 0 Å². The first-order valence-corrected chi connectivity index (χ1v) is 5.49. The fourth-order valence-corrected chi connectivity index (χ4v) is 1.46. The molecule has 1 aromatic heterocycles. The fourth-order valence-electron chi connectivity index (χ4n) is 1.46. The maximum atomic E-state index is 9.74. The molecule has 90 valence electrons. The normalized spacial score (nSPS) is 9.33. The highest BCUT2D eigenvalue weighted by molar-refractivity contribution is 5.62. The van der Waals surface area contributed by atoms with Crippen molar-refractivity contribution in [1.29, 1.82) is 0 Å². The Balaban J connectivity index is 0.000000169. The van der Waals surface area contributed by atoms with E-state index in [9.17, 15) is 4.79 Å². The highest BCUT2D eigenvalue weighted by Gasteiger charge is 1.91. The Labute approximate surface area is 104 Å². The van der Waals surface area contributed by atoms with Gasteiger partial charge >= 0.3 is 5.82 Å². The first kappa shape index (κ1) is 11.9. The largest absolute Gasteiger partial charge is 0.518 e. The first-order valence-electron chi connectivity index (χ1n) is 5.49. The molecule has 0 amide bonds. The summed E-state index contributed by atoms with van der Waals surface area (Å²) in [5.74, 6) is -0.657. The van der Waals surface area contributed by atoms with Crippen LogP contribution >= 0.6 is 0 Å². The Morgan fingerprint density at radius 3 is 1.28 bits per heavy atom. The van der Waals surface area contributed by atoms with Gasteiger partial charge in [0.1, 0.15) is 12.5 Å². The Morgan fingerprint density at radius 1 is 0.611 bits per heavy atom. The molecule has 0 spiro atoms. The molecule has 3 rings (SSSR count). The van der Waals surface area contributed by atoms with Gasteiger partial charge in [0.2, 0.25) is 0 Å². The van der Waals surface area contributed by atoms with Crippen LogP contribution in [-0.4, -0.2) is 0 Å². The lowest BCUT2D eigenvalue weighted by Gasteiger charge is -1.98. The van der Waals surface area contributed by atoms with Gasteiger partial charge in [0.25, 0.3) is 0 Å². The molecule has 1 heterocycles. The molecular weight excluding hydrogens is 228 g/mol. The van der Waals surface area contributed by atoms with Gasteiger partial charge in [-0.3, -0.25) is 0 Å². The summed E-state index contributed by atoms with van der Waals surface area (Å²) in [4.78, 5) is 9.74. The van der Waals surface area contributed by atoms with Gasteiger partial charge in [-0.1, -0.05) is 60.7 Å². The highest BCUT2D eigenvalue weighted by atomic mass is 16.5. The van der Waals surface area contributed by atoms with Crippen LogP contribution in [0.4, 0.5) is 0 Å². The summed E-state index contributed by atoms with van der Waals surface area (Å²) in [6.07, 6.45) is 2.37. The molecule has 18 heavy (non-hydrogen) atoms. The number of hydrogen-bond donors (Lipinski definition) is 0. The van der Waals surface area contributed by atoms with Crippen LogP contribution in [0.15, 0.2) is 86.8 Å². The molecule has 0 aliphatic carbocycles. The van der Waals surface area contributed by atoms with Crippen molar-refractivity contribution in [3.63, 3.8) is 0 Å². The number of hydrogen-bond acceptors (Lipinski definition) is 3. The van der Waals surface area contributed by atoms with Gasteiger partial charge in [-0.15, -0.1) is 0 Å². The summed E-state index contributed by atoms with van der Waals surface area (Å²) in [5, 5.41) is 0. The number of benzene rings is 2. The van der Waals surface area contributed by atoms with Gasteiger partial charge in [0.05, 0.1) is 0 Å². The van der Waals surface area contributed by atoms with Crippen molar-refractivity contribution in [2.45, 2.75) is 0 Å². The Kier molecular flexibility index (Phi) is 4.14. The lowest BCUT2D eigenvalue weighted by Crippen LogP contribution is -1.83. The van der Waals surface area contributed by atoms with Gasteiger partial charge in [-0.25, -0.2) is 4.79 Å². The Morgan fingerprint density at radius 2 is 1.00 bits per heavy atom. The Hall–Kier alpha value is -2.55. The molecule has 0 saturated carbocycles. The summed E-state index contributed by atoms with van der Waals surface area (Å²) < 4.78 is 8.22. The van der Waals surface area contributed by atoms with Gasteiger partial charge in [0.15, 0.2) is 0 Å². The van der Waals surface area contributed by atoms with Gasteiger partial charge in [-0.05, 0) is 11.1 Å². The third kappa shape index (κ3) is 3.49. The van der Waals surface area contributed by atoms with Crippen LogP contribution in [0.5, 0.6) is 0 Å². The topological polar surface area (TPSA) is 43.4 Å². The maximum Gasteiger partial charge on any atom is 0.518 e. The minimum atomic E-state index is -0.657. The zero-order valence-electron chi connectivity index (χ0n) is 9.65. The quantitative estimate of drug-likeness (QED) is 0.652. The van der Waals surface area contributed by atoms with E-state index in [-0.39, 0.29) is 0 Å². The number of rotatable bonds is 1. The molecule has 0 fully saturated rings. The predicted molar refractivity (Wildman–Crippen MR) is 69.1 cm³/mol. The van der Waals surface area contributed by atoms with E-state index in [0.29, 0.717) is 0 Å². The molecule has 0 saturated heterocycles. The monoisotopic (exact) mass is 240 g/mol. The fraction of sp³-hybridized carbons (Fsp3) is 0. The Bertz CT molecular complexity index is 555. The molecule has 0 aliphatic rings. The van der Waals surface area contributed by atoms with Crippen LogP contribution in [0.1, 0.15) is 0 Å².